The first kappa shape index (κ1) is 12.4. The van der Waals surface area contributed by atoms with E-state index in [9.17, 15) is 4.79 Å². The van der Waals surface area contributed by atoms with Gasteiger partial charge in [0.1, 0.15) is 5.88 Å². The molecule has 1 heterocycles. The maximum atomic E-state index is 11.9. The number of alkyl halides is 1. The van der Waals surface area contributed by atoms with Crippen molar-refractivity contribution in [3.8, 4) is 0 Å². The predicted octanol–water partition coefficient (Wildman–Crippen LogP) is 2.56. The van der Waals surface area contributed by atoms with E-state index in [0.717, 1.165) is 5.56 Å². The molecule has 4 heteroatoms. The average Bonchev–Trinajstić information content (AvgIpc) is 2.65. The van der Waals surface area contributed by atoms with E-state index in [1.54, 1.807) is 4.90 Å². The molecule has 1 fully saturated rings. The minimum Gasteiger partial charge on any atom is -0.352 e. The number of benzene rings is 1. The van der Waals surface area contributed by atoms with Gasteiger partial charge in [0.15, 0.2) is 6.23 Å². The van der Waals surface area contributed by atoms with Gasteiger partial charge in [-0.2, -0.15) is 0 Å². The molecule has 0 aliphatic carbocycles. The van der Waals surface area contributed by atoms with Crippen LogP contribution in [0.15, 0.2) is 30.3 Å². The van der Waals surface area contributed by atoms with Gasteiger partial charge < -0.3 is 9.64 Å². The molecule has 0 aromatic heterocycles. The van der Waals surface area contributed by atoms with Crippen molar-refractivity contribution in [3.05, 3.63) is 35.9 Å². The van der Waals surface area contributed by atoms with Crippen molar-refractivity contribution in [2.75, 3.05) is 12.5 Å². The molecule has 1 unspecified atom stereocenters. The van der Waals surface area contributed by atoms with Crippen LogP contribution in [0.2, 0.25) is 0 Å². The van der Waals surface area contributed by atoms with Crippen LogP contribution in [-0.4, -0.2) is 28.8 Å². The summed E-state index contributed by atoms with van der Waals surface area (Å²) in [7, 11) is 0. The fourth-order valence-corrected chi connectivity index (χ4v) is 2.27. The third-order valence-electron chi connectivity index (χ3n) is 2.95. The Labute approximate surface area is 106 Å². The Morgan fingerprint density at radius 1 is 1.47 bits per heavy atom. The van der Waals surface area contributed by atoms with Crippen molar-refractivity contribution in [1.82, 2.24) is 4.90 Å². The minimum atomic E-state index is -0.322. The Bertz CT molecular complexity index is 405. The van der Waals surface area contributed by atoms with Crippen LogP contribution in [0.3, 0.4) is 0 Å². The Morgan fingerprint density at radius 3 is 2.71 bits per heavy atom. The summed E-state index contributed by atoms with van der Waals surface area (Å²) in [5.41, 5.74) is 0.670. The van der Waals surface area contributed by atoms with Gasteiger partial charge in [-0.3, -0.25) is 4.79 Å². The third-order valence-corrected chi connectivity index (χ3v) is 3.18. The van der Waals surface area contributed by atoms with Crippen LogP contribution >= 0.6 is 11.6 Å². The topological polar surface area (TPSA) is 29.5 Å². The maximum absolute atomic E-state index is 11.9. The summed E-state index contributed by atoms with van der Waals surface area (Å²) in [6.07, 6.45) is -0.322. The molecule has 0 radical (unpaired) electrons. The lowest BCUT2D eigenvalue weighted by molar-refractivity contribution is -0.137. The zero-order chi connectivity index (χ0) is 12.5. The van der Waals surface area contributed by atoms with Crippen LogP contribution in [0.1, 0.15) is 25.6 Å². The SMILES string of the molecule is CC1(C)COC(c2ccccc2)N1C(=O)CCl. The average molecular weight is 254 g/mol. The number of hydrogen-bond donors (Lipinski definition) is 0. The molecule has 0 bridgehead atoms. The molecule has 2 rings (SSSR count). The highest BCUT2D eigenvalue weighted by Gasteiger charge is 2.43. The highest BCUT2D eigenvalue weighted by Crippen LogP contribution is 2.36. The number of hydrogen-bond acceptors (Lipinski definition) is 2. The van der Waals surface area contributed by atoms with Gasteiger partial charge in [-0.05, 0) is 13.8 Å². The quantitative estimate of drug-likeness (QED) is 0.758. The van der Waals surface area contributed by atoms with Crippen molar-refractivity contribution in [3.63, 3.8) is 0 Å². The number of nitrogens with zero attached hydrogens (tertiary/aromatic N) is 1. The first-order valence-corrected chi connectivity index (χ1v) is 6.14. The highest BCUT2D eigenvalue weighted by molar-refractivity contribution is 6.27. The van der Waals surface area contributed by atoms with Crippen LogP contribution in [-0.2, 0) is 9.53 Å². The smallest absolute Gasteiger partial charge is 0.240 e. The van der Waals surface area contributed by atoms with Crippen LogP contribution in [0, 0.1) is 0 Å². The number of carbonyl (C=O) groups is 1. The number of ether oxygens (including phenoxy) is 1. The van der Waals surface area contributed by atoms with Crippen molar-refractivity contribution in [1.29, 1.82) is 0 Å². The molecule has 1 aliphatic rings. The fraction of sp³-hybridized carbons (Fsp3) is 0.462. The van der Waals surface area contributed by atoms with Gasteiger partial charge in [0.05, 0.1) is 12.1 Å². The molecule has 1 aliphatic heterocycles. The molecule has 1 atom stereocenters. The van der Waals surface area contributed by atoms with Gasteiger partial charge in [0, 0.05) is 5.56 Å². The van der Waals surface area contributed by atoms with Crippen molar-refractivity contribution < 1.29 is 9.53 Å². The van der Waals surface area contributed by atoms with Crippen molar-refractivity contribution in [2.24, 2.45) is 0 Å². The Morgan fingerprint density at radius 2 is 2.12 bits per heavy atom. The monoisotopic (exact) mass is 253 g/mol. The summed E-state index contributed by atoms with van der Waals surface area (Å²) in [6, 6.07) is 9.74. The van der Waals surface area contributed by atoms with E-state index in [2.05, 4.69) is 0 Å². The van der Waals surface area contributed by atoms with Crippen molar-refractivity contribution in [2.45, 2.75) is 25.6 Å². The van der Waals surface area contributed by atoms with Crippen LogP contribution < -0.4 is 0 Å². The van der Waals surface area contributed by atoms with Crippen LogP contribution in [0.5, 0.6) is 0 Å². The molecule has 1 amide bonds. The lowest BCUT2D eigenvalue weighted by atomic mass is 10.0. The van der Waals surface area contributed by atoms with E-state index in [-0.39, 0.29) is 23.6 Å². The van der Waals surface area contributed by atoms with Crippen molar-refractivity contribution >= 4 is 17.5 Å². The van der Waals surface area contributed by atoms with E-state index in [0.29, 0.717) is 6.61 Å². The molecule has 92 valence electrons. The van der Waals surface area contributed by atoms with Gasteiger partial charge in [-0.1, -0.05) is 30.3 Å². The lowest BCUT2D eigenvalue weighted by Crippen LogP contribution is -2.46. The van der Waals surface area contributed by atoms with Crippen LogP contribution in [0.25, 0.3) is 0 Å². The predicted molar refractivity (Wildman–Crippen MR) is 66.8 cm³/mol. The number of carbonyl (C=O) groups excluding carboxylic acids is 1. The number of amides is 1. The Hall–Kier alpha value is -1.06. The number of halogens is 1. The van der Waals surface area contributed by atoms with E-state index in [4.69, 9.17) is 16.3 Å². The lowest BCUT2D eigenvalue weighted by Gasteiger charge is -2.33. The summed E-state index contributed by atoms with van der Waals surface area (Å²) in [5, 5.41) is 0. The molecule has 0 spiro atoms. The second kappa shape index (κ2) is 4.67. The molecule has 17 heavy (non-hydrogen) atoms. The Balaban J connectivity index is 2.32. The zero-order valence-corrected chi connectivity index (χ0v) is 10.8. The highest BCUT2D eigenvalue weighted by atomic mass is 35.5. The second-order valence-corrected chi connectivity index (χ2v) is 5.05. The molecule has 3 nitrogen and oxygen atoms in total. The third kappa shape index (κ3) is 2.31. The van der Waals surface area contributed by atoms with E-state index >= 15 is 0 Å². The normalized spacial score (nSPS) is 22.8. The van der Waals surface area contributed by atoms with Gasteiger partial charge in [-0.15, -0.1) is 11.6 Å². The number of rotatable bonds is 2. The summed E-state index contributed by atoms with van der Waals surface area (Å²) < 4.78 is 5.74. The summed E-state index contributed by atoms with van der Waals surface area (Å²) in [6.45, 7) is 4.50. The summed E-state index contributed by atoms with van der Waals surface area (Å²) in [4.78, 5) is 13.7. The molecule has 0 N–H and O–H groups in total. The molecular formula is C13H16ClNO2. The molecule has 1 aromatic rings. The standard InChI is InChI=1S/C13H16ClNO2/c1-13(2)9-17-12(15(13)11(16)8-14)10-6-4-3-5-7-10/h3-7,12H,8-9H2,1-2H3. The van der Waals surface area contributed by atoms with E-state index in [1.807, 2.05) is 44.2 Å². The molecule has 0 saturated carbocycles. The molecule has 1 aromatic carbocycles. The van der Waals surface area contributed by atoms with E-state index in [1.165, 1.54) is 0 Å². The summed E-state index contributed by atoms with van der Waals surface area (Å²) in [5.74, 6) is -0.112. The van der Waals surface area contributed by atoms with E-state index < -0.39 is 0 Å². The first-order chi connectivity index (χ1) is 8.06. The van der Waals surface area contributed by atoms with Gasteiger partial charge in [-0.25, -0.2) is 0 Å². The summed E-state index contributed by atoms with van der Waals surface area (Å²) >= 11 is 5.67. The van der Waals surface area contributed by atoms with Gasteiger partial charge >= 0.3 is 0 Å². The van der Waals surface area contributed by atoms with Crippen LogP contribution in [0.4, 0.5) is 0 Å². The largest absolute Gasteiger partial charge is 0.352 e. The second-order valence-electron chi connectivity index (χ2n) is 4.78. The van der Waals surface area contributed by atoms with Gasteiger partial charge in [0.2, 0.25) is 5.91 Å². The maximum Gasteiger partial charge on any atom is 0.240 e. The minimum absolute atomic E-state index is 0.0177. The first-order valence-electron chi connectivity index (χ1n) is 5.61. The zero-order valence-electron chi connectivity index (χ0n) is 10.0. The fourth-order valence-electron chi connectivity index (χ4n) is 2.14. The molecular weight excluding hydrogens is 238 g/mol. The molecule has 1 saturated heterocycles. The Kier molecular flexibility index (Phi) is 3.40. The van der Waals surface area contributed by atoms with Gasteiger partial charge in [0.25, 0.3) is 0 Å².